The Morgan fingerprint density at radius 1 is 0.566 bits per heavy atom. The van der Waals surface area contributed by atoms with Crippen LogP contribution in [0.4, 0.5) is 0 Å². The zero-order valence-electron chi connectivity index (χ0n) is 32.7. The number of nitrogens with two attached hydrogens (primary N) is 1. The molecule has 0 aliphatic carbocycles. The number of hydrogen-bond acceptors (Lipinski definition) is 8. The molecule has 0 heterocycles. The lowest BCUT2D eigenvalue weighted by molar-refractivity contribution is -0.161. The molecular formula is C43H70NO8P. The van der Waals surface area contributed by atoms with Gasteiger partial charge in [0.2, 0.25) is 0 Å². The van der Waals surface area contributed by atoms with Gasteiger partial charge in [-0.25, -0.2) is 4.57 Å². The zero-order chi connectivity index (χ0) is 38.9. The van der Waals surface area contributed by atoms with Crippen LogP contribution >= 0.6 is 7.82 Å². The largest absolute Gasteiger partial charge is 0.472 e. The van der Waals surface area contributed by atoms with Crippen molar-refractivity contribution < 1.29 is 37.6 Å². The van der Waals surface area contributed by atoms with Crippen molar-refractivity contribution in [3.63, 3.8) is 0 Å². The summed E-state index contributed by atoms with van der Waals surface area (Å²) in [6, 6.07) is 0. The van der Waals surface area contributed by atoms with Gasteiger partial charge in [-0.3, -0.25) is 18.6 Å². The van der Waals surface area contributed by atoms with Crippen molar-refractivity contribution in [2.24, 2.45) is 5.73 Å². The van der Waals surface area contributed by atoms with Gasteiger partial charge in [0.05, 0.1) is 13.2 Å². The highest BCUT2D eigenvalue weighted by atomic mass is 31.2. The maximum atomic E-state index is 12.5. The Morgan fingerprint density at radius 2 is 0.981 bits per heavy atom. The van der Waals surface area contributed by atoms with Gasteiger partial charge < -0.3 is 20.1 Å². The lowest BCUT2D eigenvalue weighted by atomic mass is 10.1. The molecule has 0 radical (unpaired) electrons. The summed E-state index contributed by atoms with van der Waals surface area (Å²) in [5.41, 5.74) is 5.33. The van der Waals surface area contributed by atoms with Crippen LogP contribution in [-0.4, -0.2) is 49.3 Å². The first-order chi connectivity index (χ1) is 25.8. The fourth-order valence-corrected chi connectivity index (χ4v) is 5.38. The van der Waals surface area contributed by atoms with E-state index < -0.39 is 32.5 Å². The summed E-state index contributed by atoms with van der Waals surface area (Å²) in [6.07, 6.45) is 48.7. The Kier molecular flexibility index (Phi) is 36.4. The minimum atomic E-state index is -4.40. The van der Waals surface area contributed by atoms with Crippen LogP contribution in [0.25, 0.3) is 0 Å². The Morgan fingerprint density at radius 3 is 1.47 bits per heavy atom. The highest BCUT2D eigenvalue weighted by Gasteiger charge is 2.25. The van der Waals surface area contributed by atoms with Crippen LogP contribution in [0.1, 0.15) is 129 Å². The van der Waals surface area contributed by atoms with E-state index in [-0.39, 0.29) is 32.6 Å². The fourth-order valence-electron chi connectivity index (χ4n) is 4.61. The second-order valence-corrected chi connectivity index (χ2v) is 13.8. The smallest absolute Gasteiger partial charge is 0.462 e. The number of hydrogen-bond donors (Lipinski definition) is 2. The summed E-state index contributed by atoms with van der Waals surface area (Å²) >= 11 is 0. The molecule has 0 fully saturated rings. The average molecular weight is 760 g/mol. The third-order valence-electron chi connectivity index (χ3n) is 7.47. The van der Waals surface area contributed by atoms with Crippen molar-refractivity contribution in [3.05, 3.63) is 97.2 Å². The van der Waals surface area contributed by atoms with E-state index in [4.69, 9.17) is 24.3 Å². The van der Waals surface area contributed by atoms with Gasteiger partial charge in [-0.1, -0.05) is 124 Å². The van der Waals surface area contributed by atoms with Crippen molar-refractivity contribution in [1.29, 1.82) is 0 Å². The summed E-state index contributed by atoms with van der Waals surface area (Å²) in [7, 11) is -4.40. The molecule has 300 valence electrons. The first-order valence-electron chi connectivity index (χ1n) is 19.7. The Balaban J connectivity index is 4.35. The molecule has 53 heavy (non-hydrogen) atoms. The molecule has 0 saturated heterocycles. The highest BCUT2D eigenvalue weighted by Crippen LogP contribution is 2.43. The van der Waals surface area contributed by atoms with Crippen molar-refractivity contribution >= 4 is 19.8 Å². The summed E-state index contributed by atoms with van der Waals surface area (Å²) in [5.74, 6) is -0.918. The van der Waals surface area contributed by atoms with Crippen LogP contribution in [-0.2, 0) is 32.7 Å². The molecule has 3 N–H and O–H groups in total. The molecule has 1 unspecified atom stereocenters. The first kappa shape index (κ1) is 49.9. The van der Waals surface area contributed by atoms with Crippen molar-refractivity contribution in [3.8, 4) is 0 Å². The van der Waals surface area contributed by atoms with Gasteiger partial charge >= 0.3 is 19.8 Å². The second-order valence-electron chi connectivity index (χ2n) is 12.4. The highest BCUT2D eigenvalue weighted by molar-refractivity contribution is 7.47. The van der Waals surface area contributed by atoms with E-state index in [9.17, 15) is 19.0 Å². The molecule has 0 rings (SSSR count). The van der Waals surface area contributed by atoms with E-state index in [0.29, 0.717) is 12.8 Å². The number of phosphoric ester groups is 1. The number of carbonyl (C=O) groups is 2. The molecule has 0 spiro atoms. The number of unbranched alkanes of at least 4 members (excludes halogenated alkanes) is 6. The summed E-state index contributed by atoms with van der Waals surface area (Å²) in [5, 5.41) is 0. The van der Waals surface area contributed by atoms with Crippen molar-refractivity contribution in [2.45, 2.75) is 136 Å². The van der Waals surface area contributed by atoms with Crippen molar-refractivity contribution in [2.75, 3.05) is 26.4 Å². The van der Waals surface area contributed by atoms with Gasteiger partial charge in [0.15, 0.2) is 6.10 Å². The third kappa shape index (κ3) is 38.5. The standard InChI is InChI=1S/C43H70NO8P/c1-3-5-7-9-11-13-15-17-19-20-22-24-26-28-30-32-34-36-43(46)52-41(40-51-53(47,48)50-38-37-44)39-49-42(45)35-33-31-29-27-25-23-21-18-16-14-12-10-8-6-4-2/h5-8,11-14,17-19,21-22,24-25,27,41H,3-4,9-10,15-16,20,23,26,28-40,44H2,1-2H3,(H,47,48)/t41-/m1/s1. The summed E-state index contributed by atoms with van der Waals surface area (Å²) in [4.78, 5) is 34.8. The fraction of sp³-hybridized carbons (Fsp3) is 0.581. The summed E-state index contributed by atoms with van der Waals surface area (Å²) in [6.45, 7) is 3.39. The van der Waals surface area contributed by atoms with E-state index in [2.05, 4.69) is 111 Å². The zero-order valence-corrected chi connectivity index (χ0v) is 33.6. The summed E-state index contributed by atoms with van der Waals surface area (Å²) < 4.78 is 32.6. The SMILES string of the molecule is CCC=CCC=CCC=CCC=CCCCCCCC(=O)O[C@H](COC(=O)CCCCC=CCC=CCC=CCC=CCC)COP(=O)(O)OCCN. The molecule has 0 bridgehead atoms. The number of carbonyl (C=O) groups excluding carboxylic acids is 2. The Labute approximate surface area is 321 Å². The third-order valence-corrected chi connectivity index (χ3v) is 8.45. The number of rotatable bonds is 35. The molecule has 0 aromatic rings. The minimum absolute atomic E-state index is 0.0374. The van der Waals surface area contributed by atoms with E-state index in [0.717, 1.165) is 89.9 Å². The average Bonchev–Trinajstić information content (AvgIpc) is 3.14. The normalized spacial score (nSPS) is 14.4. The van der Waals surface area contributed by atoms with Crippen LogP contribution in [0.3, 0.4) is 0 Å². The van der Waals surface area contributed by atoms with E-state index >= 15 is 0 Å². The molecule has 0 aromatic carbocycles. The monoisotopic (exact) mass is 759 g/mol. The van der Waals surface area contributed by atoms with Crippen LogP contribution in [0.15, 0.2) is 97.2 Å². The van der Waals surface area contributed by atoms with Gasteiger partial charge in [-0.05, 0) is 89.9 Å². The van der Waals surface area contributed by atoms with Crippen LogP contribution in [0.2, 0.25) is 0 Å². The molecule has 0 aliphatic rings. The molecule has 0 aromatic heterocycles. The lowest BCUT2D eigenvalue weighted by Crippen LogP contribution is -2.29. The maximum absolute atomic E-state index is 12.5. The van der Waals surface area contributed by atoms with Crippen LogP contribution < -0.4 is 5.73 Å². The maximum Gasteiger partial charge on any atom is 0.472 e. The lowest BCUT2D eigenvalue weighted by Gasteiger charge is -2.19. The quantitative estimate of drug-likeness (QED) is 0.0280. The molecule has 0 aliphatic heterocycles. The number of ether oxygens (including phenoxy) is 2. The van der Waals surface area contributed by atoms with Gasteiger partial charge in [-0.15, -0.1) is 0 Å². The van der Waals surface area contributed by atoms with Crippen LogP contribution in [0, 0.1) is 0 Å². The van der Waals surface area contributed by atoms with Gasteiger partial charge in [0, 0.05) is 19.4 Å². The van der Waals surface area contributed by atoms with E-state index in [1.807, 2.05) is 0 Å². The Bertz CT molecular complexity index is 1180. The number of esters is 2. The predicted octanol–water partition coefficient (Wildman–Crippen LogP) is 11.0. The first-order valence-corrected chi connectivity index (χ1v) is 21.2. The topological polar surface area (TPSA) is 134 Å². The van der Waals surface area contributed by atoms with Gasteiger partial charge in [-0.2, -0.15) is 0 Å². The molecule has 2 atom stereocenters. The Hall–Kier alpha value is -3.07. The molecule has 10 heteroatoms. The van der Waals surface area contributed by atoms with Gasteiger partial charge in [0.25, 0.3) is 0 Å². The van der Waals surface area contributed by atoms with E-state index in [1.54, 1.807) is 0 Å². The molecule has 9 nitrogen and oxygen atoms in total. The molecule has 0 saturated carbocycles. The number of phosphoric acid groups is 1. The minimum Gasteiger partial charge on any atom is -0.462 e. The van der Waals surface area contributed by atoms with Crippen LogP contribution in [0.5, 0.6) is 0 Å². The number of allylic oxidation sites excluding steroid dienone is 16. The predicted molar refractivity (Wildman–Crippen MR) is 219 cm³/mol. The van der Waals surface area contributed by atoms with Crippen molar-refractivity contribution in [1.82, 2.24) is 0 Å². The molecule has 0 amide bonds. The van der Waals surface area contributed by atoms with Gasteiger partial charge in [0.1, 0.15) is 6.61 Å². The second kappa shape index (κ2) is 38.6. The molecular weight excluding hydrogens is 689 g/mol. The van der Waals surface area contributed by atoms with E-state index in [1.165, 1.54) is 0 Å².